The molecule has 0 saturated carbocycles. The summed E-state index contributed by atoms with van der Waals surface area (Å²) < 4.78 is 11.2. The van der Waals surface area contributed by atoms with Gasteiger partial charge in [0.05, 0.1) is 11.1 Å². The highest BCUT2D eigenvalue weighted by molar-refractivity contribution is 6.28. The van der Waals surface area contributed by atoms with Crippen LogP contribution in [-0.2, 0) is 4.79 Å². The lowest BCUT2D eigenvalue weighted by Gasteiger charge is -2.32. The molecule has 30 heavy (non-hydrogen) atoms. The van der Waals surface area contributed by atoms with Crippen molar-refractivity contribution in [3.8, 4) is 11.5 Å². The summed E-state index contributed by atoms with van der Waals surface area (Å²) >= 11 is 0. The van der Waals surface area contributed by atoms with Crippen LogP contribution >= 0.6 is 0 Å². The summed E-state index contributed by atoms with van der Waals surface area (Å²) in [4.78, 5) is 35.9. The third-order valence-corrected chi connectivity index (χ3v) is 4.79. The summed E-state index contributed by atoms with van der Waals surface area (Å²) in [7, 11) is 0. The topological polar surface area (TPSA) is 126 Å². The number of fused-ring (bicyclic) bond motifs is 3. The van der Waals surface area contributed by atoms with Gasteiger partial charge < -0.3 is 24.7 Å². The fourth-order valence-corrected chi connectivity index (χ4v) is 3.31. The Morgan fingerprint density at radius 1 is 1.10 bits per heavy atom. The molecule has 152 valence electrons. The molecule has 8 nitrogen and oxygen atoms in total. The summed E-state index contributed by atoms with van der Waals surface area (Å²) in [6, 6.07) is 10.3. The Morgan fingerprint density at radius 3 is 2.53 bits per heavy atom. The van der Waals surface area contributed by atoms with Gasteiger partial charge in [-0.2, -0.15) is 0 Å². The highest BCUT2D eigenvalue weighted by atomic mass is 16.5. The van der Waals surface area contributed by atoms with Crippen LogP contribution in [0.4, 0.5) is 5.69 Å². The third-order valence-electron chi connectivity index (χ3n) is 4.79. The van der Waals surface area contributed by atoms with E-state index in [0.717, 1.165) is 0 Å². The number of carboxylic acids is 1. The first-order chi connectivity index (χ1) is 14.2. The number of rotatable bonds is 3. The number of aromatic carboxylic acids is 1. The number of carbonyl (C=O) groups is 2. The average molecular weight is 407 g/mol. The first kappa shape index (κ1) is 19.3. The number of phenols is 1. The summed E-state index contributed by atoms with van der Waals surface area (Å²) in [5, 5.41) is 22.4. The number of benzene rings is 2. The molecule has 0 atom stereocenters. The standard InChI is InChI=1S/C22H17NO7/c1-22(2)20(26)14(10-23-12-5-6-13(21(27)28)15(24)9-12)18-16(30-22)7-3-11-4-8-17(25)29-19(11)18/h3-10,23-24H,1-2H3,(H,27,28)/b14-10-. The fraction of sp³-hybridized carbons (Fsp3) is 0.136. The molecular formula is C22H17NO7. The molecule has 1 aliphatic heterocycles. The van der Waals surface area contributed by atoms with Crippen molar-refractivity contribution in [3.05, 3.63) is 70.2 Å². The minimum Gasteiger partial charge on any atom is -0.507 e. The predicted octanol–water partition coefficient (Wildman–Crippen LogP) is 3.39. The molecule has 2 aromatic carbocycles. The Balaban J connectivity index is 1.86. The first-order valence-electron chi connectivity index (χ1n) is 9.01. The van der Waals surface area contributed by atoms with Crippen LogP contribution in [0.3, 0.4) is 0 Å². The van der Waals surface area contributed by atoms with Crippen molar-refractivity contribution in [3.63, 3.8) is 0 Å². The van der Waals surface area contributed by atoms with E-state index in [0.29, 0.717) is 22.4 Å². The van der Waals surface area contributed by atoms with E-state index in [4.69, 9.17) is 14.3 Å². The number of ketones is 1. The van der Waals surface area contributed by atoms with Crippen LogP contribution in [0.15, 0.2) is 57.9 Å². The smallest absolute Gasteiger partial charge is 0.339 e. The summed E-state index contributed by atoms with van der Waals surface area (Å²) in [6.45, 7) is 3.26. The van der Waals surface area contributed by atoms with Gasteiger partial charge in [-0.05, 0) is 44.2 Å². The van der Waals surface area contributed by atoms with Gasteiger partial charge in [-0.3, -0.25) is 4.79 Å². The van der Waals surface area contributed by atoms with Crippen LogP contribution in [0.25, 0.3) is 16.5 Å². The van der Waals surface area contributed by atoms with E-state index in [-0.39, 0.29) is 22.5 Å². The van der Waals surface area contributed by atoms with Gasteiger partial charge in [0.1, 0.15) is 22.6 Å². The first-order valence-corrected chi connectivity index (χ1v) is 9.01. The Labute approximate surface area is 170 Å². The molecule has 0 bridgehead atoms. The van der Waals surface area contributed by atoms with Crippen LogP contribution < -0.4 is 15.7 Å². The molecule has 4 rings (SSSR count). The SMILES string of the molecule is CC1(C)Oc2ccc3ccc(=O)oc3c2/C(=C/Nc2ccc(C(=O)O)c(O)c2)C1=O. The maximum absolute atomic E-state index is 13.1. The van der Waals surface area contributed by atoms with Crippen LogP contribution in [0.1, 0.15) is 29.8 Å². The zero-order valence-electron chi connectivity index (χ0n) is 16.1. The van der Waals surface area contributed by atoms with Gasteiger partial charge in [-0.15, -0.1) is 0 Å². The number of hydrogen-bond donors (Lipinski definition) is 3. The third kappa shape index (κ3) is 3.18. The summed E-state index contributed by atoms with van der Waals surface area (Å²) in [6.07, 6.45) is 1.42. The highest BCUT2D eigenvalue weighted by Crippen LogP contribution is 2.41. The van der Waals surface area contributed by atoms with Gasteiger partial charge in [0, 0.05) is 29.4 Å². The van der Waals surface area contributed by atoms with Crippen molar-refractivity contribution in [1.29, 1.82) is 0 Å². The number of anilines is 1. The van der Waals surface area contributed by atoms with Gasteiger partial charge in [0.25, 0.3) is 0 Å². The summed E-state index contributed by atoms with van der Waals surface area (Å²) in [5.41, 5.74) is -0.801. The van der Waals surface area contributed by atoms with Crippen LogP contribution in [0, 0.1) is 0 Å². The van der Waals surface area contributed by atoms with E-state index >= 15 is 0 Å². The molecule has 0 saturated heterocycles. The number of hydrogen-bond acceptors (Lipinski definition) is 7. The van der Waals surface area contributed by atoms with E-state index < -0.39 is 22.9 Å². The Hall–Kier alpha value is -4.07. The molecule has 0 spiro atoms. The number of ether oxygens (including phenoxy) is 1. The minimum absolute atomic E-state index is 0.223. The second kappa shape index (κ2) is 6.77. The Morgan fingerprint density at radius 2 is 1.83 bits per heavy atom. The molecule has 0 aliphatic carbocycles. The van der Waals surface area contributed by atoms with Crippen molar-refractivity contribution in [1.82, 2.24) is 0 Å². The number of aromatic hydroxyl groups is 1. The molecule has 0 radical (unpaired) electrons. The van der Waals surface area contributed by atoms with Crippen molar-refractivity contribution in [2.24, 2.45) is 0 Å². The second-order valence-electron chi connectivity index (χ2n) is 7.29. The molecule has 0 amide bonds. The highest BCUT2D eigenvalue weighted by Gasteiger charge is 2.40. The monoisotopic (exact) mass is 407 g/mol. The quantitative estimate of drug-likeness (QED) is 0.446. The van der Waals surface area contributed by atoms with Gasteiger partial charge in [0.15, 0.2) is 5.60 Å². The van der Waals surface area contributed by atoms with Crippen molar-refractivity contribution in [2.45, 2.75) is 19.4 Å². The lowest BCUT2D eigenvalue weighted by Crippen LogP contribution is -2.42. The lowest BCUT2D eigenvalue weighted by atomic mass is 9.87. The molecule has 3 N–H and O–H groups in total. The van der Waals surface area contributed by atoms with E-state index in [1.165, 1.54) is 30.5 Å². The van der Waals surface area contributed by atoms with E-state index in [1.54, 1.807) is 32.0 Å². The molecule has 0 fully saturated rings. The van der Waals surface area contributed by atoms with Crippen molar-refractivity contribution in [2.75, 3.05) is 5.32 Å². The normalized spacial score (nSPS) is 16.2. The van der Waals surface area contributed by atoms with E-state index in [2.05, 4.69) is 5.32 Å². The zero-order chi connectivity index (χ0) is 21.6. The fourth-order valence-electron chi connectivity index (χ4n) is 3.31. The molecule has 0 unspecified atom stereocenters. The van der Waals surface area contributed by atoms with Crippen LogP contribution in [-0.4, -0.2) is 27.6 Å². The van der Waals surface area contributed by atoms with Gasteiger partial charge in [-0.25, -0.2) is 9.59 Å². The molecule has 1 aromatic heterocycles. The molecule has 3 aromatic rings. The maximum atomic E-state index is 13.1. The number of carbonyl (C=O) groups excluding carboxylic acids is 1. The molecule has 2 heterocycles. The summed E-state index contributed by atoms with van der Waals surface area (Å²) in [5.74, 6) is -1.62. The molecular weight excluding hydrogens is 390 g/mol. The van der Waals surface area contributed by atoms with Crippen molar-refractivity contribution >= 4 is 34.0 Å². The minimum atomic E-state index is -1.26. The Bertz CT molecular complexity index is 1300. The Kier molecular flexibility index (Phi) is 4.34. The average Bonchev–Trinajstić information content (AvgIpc) is 2.67. The largest absolute Gasteiger partial charge is 0.507 e. The van der Waals surface area contributed by atoms with Gasteiger partial charge in [0.2, 0.25) is 5.78 Å². The van der Waals surface area contributed by atoms with Crippen molar-refractivity contribution < 1.29 is 29.0 Å². The van der Waals surface area contributed by atoms with Crippen LogP contribution in [0.5, 0.6) is 11.5 Å². The molecule has 8 heteroatoms. The second-order valence-corrected chi connectivity index (χ2v) is 7.29. The number of nitrogens with one attached hydrogen (secondary N) is 1. The predicted molar refractivity (Wildman–Crippen MR) is 109 cm³/mol. The maximum Gasteiger partial charge on any atom is 0.339 e. The van der Waals surface area contributed by atoms with E-state index in [9.17, 15) is 19.5 Å². The van der Waals surface area contributed by atoms with Gasteiger partial charge >= 0.3 is 11.6 Å². The molecule has 1 aliphatic rings. The lowest BCUT2D eigenvalue weighted by molar-refractivity contribution is -0.126. The van der Waals surface area contributed by atoms with Crippen LogP contribution in [0.2, 0.25) is 0 Å². The number of carboxylic acid groups (broad SMARTS) is 1. The zero-order valence-corrected chi connectivity index (χ0v) is 16.1. The van der Waals surface area contributed by atoms with Gasteiger partial charge in [-0.1, -0.05) is 0 Å². The van der Waals surface area contributed by atoms with E-state index in [1.807, 2.05) is 0 Å². The number of Topliss-reactive ketones (excluding diaryl/α,β-unsaturated/α-hetero) is 1.